The fourth-order valence-corrected chi connectivity index (χ4v) is 4.85. The predicted molar refractivity (Wildman–Crippen MR) is 112 cm³/mol. The first-order valence-electron chi connectivity index (χ1n) is 10.1. The van der Waals surface area contributed by atoms with Crippen LogP contribution in [-0.2, 0) is 25.4 Å². The highest BCUT2D eigenvalue weighted by molar-refractivity contribution is 7.88. The standard InChI is InChI=1S/C20H32N4O4S/c1-4-22(14-19(25)21-17(2)3)15-20(26)23-10-12-24(13-11-23)29(27,28)16-18-8-6-5-7-9-18/h5-9,17H,4,10-16H2,1-3H3,(H,21,25)/p+1. The van der Waals surface area contributed by atoms with Crippen LogP contribution >= 0.6 is 0 Å². The van der Waals surface area contributed by atoms with E-state index in [1.165, 1.54) is 4.31 Å². The largest absolute Gasteiger partial charge is 0.349 e. The van der Waals surface area contributed by atoms with Crippen molar-refractivity contribution in [3.8, 4) is 0 Å². The van der Waals surface area contributed by atoms with Gasteiger partial charge < -0.3 is 15.1 Å². The topological polar surface area (TPSA) is 91.2 Å². The Balaban J connectivity index is 1.84. The summed E-state index contributed by atoms with van der Waals surface area (Å²) in [5.74, 6) is -0.138. The third-order valence-corrected chi connectivity index (χ3v) is 6.79. The quantitative estimate of drug-likeness (QED) is 0.536. The van der Waals surface area contributed by atoms with Crippen LogP contribution < -0.4 is 10.2 Å². The first kappa shape index (κ1) is 23.3. The van der Waals surface area contributed by atoms with E-state index in [1.54, 1.807) is 17.0 Å². The molecule has 1 aliphatic rings. The van der Waals surface area contributed by atoms with Gasteiger partial charge in [0, 0.05) is 32.2 Å². The van der Waals surface area contributed by atoms with Crippen LogP contribution in [0.1, 0.15) is 26.3 Å². The molecule has 0 aliphatic carbocycles. The van der Waals surface area contributed by atoms with E-state index in [2.05, 4.69) is 5.32 Å². The molecule has 8 nitrogen and oxygen atoms in total. The number of carbonyl (C=O) groups is 2. The van der Waals surface area contributed by atoms with Gasteiger partial charge in [0.05, 0.1) is 12.3 Å². The van der Waals surface area contributed by atoms with Gasteiger partial charge in [-0.15, -0.1) is 0 Å². The number of hydrogen-bond donors (Lipinski definition) is 2. The molecule has 0 saturated carbocycles. The highest BCUT2D eigenvalue weighted by Gasteiger charge is 2.30. The third-order valence-electron chi connectivity index (χ3n) is 4.94. The third kappa shape index (κ3) is 7.41. The molecule has 29 heavy (non-hydrogen) atoms. The van der Waals surface area contributed by atoms with Gasteiger partial charge in [0.15, 0.2) is 13.1 Å². The Morgan fingerprint density at radius 2 is 1.69 bits per heavy atom. The summed E-state index contributed by atoms with van der Waals surface area (Å²) in [6.07, 6.45) is 0. The number of likely N-dealkylation sites (N-methyl/N-ethyl adjacent to an activating group) is 1. The van der Waals surface area contributed by atoms with E-state index >= 15 is 0 Å². The molecule has 1 unspecified atom stereocenters. The summed E-state index contributed by atoms with van der Waals surface area (Å²) in [5, 5.41) is 2.84. The predicted octanol–water partition coefficient (Wildman–Crippen LogP) is -0.910. The van der Waals surface area contributed by atoms with E-state index in [4.69, 9.17) is 0 Å². The SMILES string of the molecule is CC[NH+](CC(=O)NC(C)C)CC(=O)N1CCN(S(=O)(=O)Cc2ccccc2)CC1. The van der Waals surface area contributed by atoms with Gasteiger partial charge in [0.1, 0.15) is 0 Å². The van der Waals surface area contributed by atoms with E-state index in [0.29, 0.717) is 32.7 Å². The average Bonchev–Trinajstić information content (AvgIpc) is 2.67. The lowest BCUT2D eigenvalue weighted by Gasteiger charge is -2.34. The smallest absolute Gasteiger partial charge is 0.277 e. The Morgan fingerprint density at radius 3 is 2.24 bits per heavy atom. The van der Waals surface area contributed by atoms with Gasteiger partial charge in [0.2, 0.25) is 10.0 Å². The molecule has 1 saturated heterocycles. The first-order valence-corrected chi connectivity index (χ1v) is 11.7. The zero-order valence-electron chi connectivity index (χ0n) is 17.6. The molecule has 1 atom stereocenters. The number of nitrogens with zero attached hydrogens (tertiary/aromatic N) is 2. The van der Waals surface area contributed by atoms with Gasteiger partial charge in [-0.05, 0) is 26.3 Å². The minimum atomic E-state index is -3.40. The van der Waals surface area contributed by atoms with Crippen molar-refractivity contribution in [2.75, 3.05) is 45.8 Å². The van der Waals surface area contributed by atoms with Crippen LogP contribution in [0.3, 0.4) is 0 Å². The van der Waals surface area contributed by atoms with Crippen LogP contribution in [0, 0.1) is 0 Å². The van der Waals surface area contributed by atoms with Crippen LogP contribution in [0.15, 0.2) is 30.3 Å². The fraction of sp³-hybridized carbons (Fsp3) is 0.600. The maximum Gasteiger partial charge on any atom is 0.277 e. The van der Waals surface area contributed by atoms with Crippen LogP contribution in [0.25, 0.3) is 0 Å². The van der Waals surface area contributed by atoms with Gasteiger partial charge in [-0.25, -0.2) is 8.42 Å². The second kappa shape index (κ2) is 10.7. The van der Waals surface area contributed by atoms with E-state index in [-0.39, 0.29) is 36.7 Å². The second-order valence-electron chi connectivity index (χ2n) is 7.70. The minimum Gasteiger partial charge on any atom is -0.349 e. The number of carbonyl (C=O) groups excluding carboxylic acids is 2. The molecule has 1 aromatic carbocycles. The molecular formula is C20H33N4O4S+. The molecule has 0 bridgehead atoms. The Kier molecular flexibility index (Phi) is 8.60. The maximum atomic E-state index is 12.6. The summed E-state index contributed by atoms with van der Waals surface area (Å²) in [5.41, 5.74) is 0.757. The van der Waals surface area contributed by atoms with Gasteiger partial charge in [-0.3, -0.25) is 9.59 Å². The number of nitrogens with one attached hydrogen (secondary N) is 2. The number of amides is 2. The van der Waals surface area contributed by atoms with Crippen LogP contribution in [0.4, 0.5) is 0 Å². The fourth-order valence-electron chi connectivity index (χ4n) is 3.33. The molecule has 2 N–H and O–H groups in total. The highest BCUT2D eigenvalue weighted by atomic mass is 32.2. The van der Waals surface area contributed by atoms with E-state index in [1.807, 2.05) is 39.0 Å². The van der Waals surface area contributed by atoms with Gasteiger partial charge >= 0.3 is 0 Å². The Morgan fingerprint density at radius 1 is 1.07 bits per heavy atom. The van der Waals surface area contributed by atoms with Gasteiger partial charge in [-0.1, -0.05) is 30.3 Å². The molecule has 0 radical (unpaired) electrons. The number of benzene rings is 1. The lowest BCUT2D eigenvalue weighted by Crippen LogP contribution is -3.14. The monoisotopic (exact) mass is 425 g/mol. The molecule has 1 fully saturated rings. The van der Waals surface area contributed by atoms with Crippen LogP contribution in [0.2, 0.25) is 0 Å². The first-order chi connectivity index (χ1) is 13.7. The number of quaternary nitrogens is 1. The molecule has 162 valence electrons. The van der Waals surface area contributed by atoms with Crippen molar-refractivity contribution in [2.45, 2.75) is 32.6 Å². The zero-order valence-corrected chi connectivity index (χ0v) is 18.4. The summed E-state index contributed by atoms with van der Waals surface area (Å²) in [4.78, 5) is 27.2. The molecule has 2 rings (SSSR count). The Bertz CT molecular complexity index is 775. The summed E-state index contributed by atoms with van der Waals surface area (Å²) in [6, 6.07) is 9.18. The lowest BCUT2D eigenvalue weighted by molar-refractivity contribution is -0.882. The van der Waals surface area contributed by atoms with Crippen molar-refractivity contribution in [2.24, 2.45) is 0 Å². The molecule has 9 heteroatoms. The highest BCUT2D eigenvalue weighted by Crippen LogP contribution is 2.13. The Labute approximate surface area is 173 Å². The van der Waals surface area contributed by atoms with Crippen LogP contribution in [-0.4, -0.2) is 81.3 Å². The normalized spacial score (nSPS) is 16.6. The minimum absolute atomic E-state index is 0.0273. The number of sulfonamides is 1. The molecule has 2 amide bonds. The van der Waals surface area contributed by atoms with Crippen molar-refractivity contribution >= 4 is 21.8 Å². The summed E-state index contributed by atoms with van der Waals surface area (Å²) in [7, 11) is -3.40. The van der Waals surface area contributed by atoms with E-state index < -0.39 is 10.0 Å². The lowest BCUT2D eigenvalue weighted by atomic mass is 10.2. The number of hydrogen-bond acceptors (Lipinski definition) is 4. The number of piperazine rings is 1. The second-order valence-corrected chi connectivity index (χ2v) is 9.67. The van der Waals surface area contributed by atoms with Crippen molar-refractivity contribution < 1.29 is 22.9 Å². The Hall–Kier alpha value is -1.97. The number of rotatable bonds is 9. The summed E-state index contributed by atoms with van der Waals surface area (Å²) < 4.78 is 26.7. The molecular weight excluding hydrogens is 392 g/mol. The molecule has 1 heterocycles. The van der Waals surface area contributed by atoms with Gasteiger partial charge in [-0.2, -0.15) is 4.31 Å². The van der Waals surface area contributed by atoms with E-state index in [0.717, 1.165) is 10.5 Å². The summed E-state index contributed by atoms with van der Waals surface area (Å²) in [6.45, 7) is 8.27. The van der Waals surface area contributed by atoms with Crippen LogP contribution in [0.5, 0.6) is 0 Å². The van der Waals surface area contributed by atoms with Crippen molar-refractivity contribution in [3.63, 3.8) is 0 Å². The molecule has 1 aromatic rings. The van der Waals surface area contributed by atoms with Crippen molar-refractivity contribution in [1.82, 2.24) is 14.5 Å². The van der Waals surface area contributed by atoms with E-state index in [9.17, 15) is 18.0 Å². The summed E-state index contributed by atoms with van der Waals surface area (Å²) >= 11 is 0. The molecule has 1 aliphatic heterocycles. The van der Waals surface area contributed by atoms with Crippen molar-refractivity contribution in [1.29, 1.82) is 0 Å². The maximum absolute atomic E-state index is 12.6. The van der Waals surface area contributed by atoms with Crippen molar-refractivity contribution in [3.05, 3.63) is 35.9 Å². The molecule has 0 aromatic heterocycles. The molecule has 0 spiro atoms. The van der Waals surface area contributed by atoms with Gasteiger partial charge in [0.25, 0.3) is 11.8 Å². The average molecular weight is 426 g/mol. The zero-order chi connectivity index (χ0) is 21.4.